The standard InChI is InChI=1S/C65H41N3/c1-2-16-40(17-3-1)41-30-32-42(33-31-41)61-66-62(43-34-36-51-49-22-8-14-28-57(49)64(59(51)38-43)53-24-10-4-18-45(53)46-19-5-11-25-54(46)64)68-63(67-61)44-35-37-52-50-23-9-15-29-58(50)65(60(52)39-44)55-26-12-6-20-47(55)48-21-7-13-27-56(48)65/h1-39,62H,(H,66,67,68). The van der Waals surface area contributed by atoms with Gasteiger partial charge < -0.3 is 5.32 Å². The first kappa shape index (κ1) is 37.5. The highest BCUT2D eigenvalue weighted by atomic mass is 15.2. The Bertz CT molecular complexity index is 3710. The molecule has 1 unspecified atom stereocenters. The smallest absolute Gasteiger partial charge is 0.169 e. The summed E-state index contributed by atoms with van der Waals surface area (Å²) in [5.41, 5.74) is 25.3. The second kappa shape index (κ2) is 13.9. The molecule has 10 aromatic rings. The number of fused-ring (bicyclic) bond motifs is 20. The summed E-state index contributed by atoms with van der Waals surface area (Å²) in [4.78, 5) is 11.2. The molecule has 68 heavy (non-hydrogen) atoms. The van der Waals surface area contributed by atoms with Crippen LogP contribution in [0.3, 0.4) is 0 Å². The van der Waals surface area contributed by atoms with E-state index in [0.717, 1.165) is 33.9 Å². The molecule has 0 fully saturated rings. The van der Waals surface area contributed by atoms with Gasteiger partial charge in [0.2, 0.25) is 0 Å². The molecule has 0 saturated carbocycles. The molecule has 1 heterocycles. The number of amidine groups is 2. The van der Waals surface area contributed by atoms with Crippen LogP contribution in [0.2, 0.25) is 0 Å². The molecule has 0 amide bonds. The van der Waals surface area contributed by atoms with Gasteiger partial charge in [0.05, 0.1) is 10.8 Å². The Hall–Kier alpha value is -8.66. The Morgan fingerprint density at radius 2 is 0.588 bits per heavy atom. The maximum atomic E-state index is 5.64. The predicted molar refractivity (Wildman–Crippen MR) is 276 cm³/mol. The fourth-order valence-electron chi connectivity index (χ4n) is 12.9. The first-order valence-electron chi connectivity index (χ1n) is 23.7. The van der Waals surface area contributed by atoms with E-state index < -0.39 is 17.0 Å². The first-order chi connectivity index (χ1) is 33.7. The summed E-state index contributed by atoms with van der Waals surface area (Å²) in [7, 11) is 0. The third kappa shape index (κ3) is 4.87. The summed E-state index contributed by atoms with van der Waals surface area (Å²) in [6.45, 7) is 0. The third-order valence-corrected chi connectivity index (χ3v) is 15.6. The summed E-state index contributed by atoms with van der Waals surface area (Å²) in [6.07, 6.45) is -0.514. The van der Waals surface area contributed by atoms with Gasteiger partial charge in [0, 0.05) is 11.1 Å². The lowest BCUT2D eigenvalue weighted by molar-refractivity contribution is 0.743. The van der Waals surface area contributed by atoms with Crippen LogP contribution in [0.5, 0.6) is 0 Å². The number of hydrogen-bond acceptors (Lipinski definition) is 3. The molecule has 0 saturated heterocycles. The molecule has 316 valence electrons. The number of nitrogens with one attached hydrogen (secondary N) is 1. The number of nitrogens with zero attached hydrogens (tertiary/aromatic N) is 2. The molecular weight excluding hydrogens is 823 g/mol. The third-order valence-electron chi connectivity index (χ3n) is 15.6. The fraction of sp³-hybridized carbons (Fsp3) is 0.0462. The summed E-state index contributed by atoms with van der Waals surface area (Å²) in [5, 5.41) is 3.82. The quantitative estimate of drug-likeness (QED) is 0.188. The van der Waals surface area contributed by atoms with Gasteiger partial charge in [-0.2, -0.15) is 0 Å². The molecule has 5 aliphatic rings. The van der Waals surface area contributed by atoms with E-state index in [4.69, 9.17) is 9.98 Å². The van der Waals surface area contributed by atoms with Crippen LogP contribution in [-0.4, -0.2) is 11.7 Å². The lowest BCUT2D eigenvalue weighted by Crippen LogP contribution is -2.36. The Balaban J connectivity index is 0.931. The van der Waals surface area contributed by atoms with Crippen LogP contribution in [-0.2, 0) is 10.8 Å². The lowest BCUT2D eigenvalue weighted by atomic mass is 9.70. The van der Waals surface area contributed by atoms with E-state index in [2.05, 4.69) is 242 Å². The number of hydrogen-bond donors (Lipinski definition) is 1. The van der Waals surface area contributed by atoms with Crippen LogP contribution < -0.4 is 5.32 Å². The maximum Gasteiger partial charge on any atom is 0.169 e. The Morgan fingerprint density at radius 3 is 1.04 bits per heavy atom. The van der Waals surface area contributed by atoms with Gasteiger partial charge >= 0.3 is 0 Å². The van der Waals surface area contributed by atoms with Crippen molar-refractivity contribution in [2.45, 2.75) is 17.0 Å². The highest BCUT2D eigenvalue weighted by Gasteiger charge is 2.53. The number of rotatable bonds is 4. The molecule has 0 bridgehead atoms. The highest BCUT2D eigenvalue weighted by Crippen LogP contribution is 2.64. The zero-order valence-corrected chi connectivity index (χ0v) is 37.0. The molecular formula is C65H41N3. The molecule has 1 atom stereocenters. The Morgan fingerprint density at radius 1 is 0.265 bits per heavy atom. The van der Waals surface area contributed by atoms with E-state index in [1.807, 2.05) is 0 Å². The molecule has 3 heteroatoms. The van der Waals surface area contributed by atoms with Crippen molar-refractivity contribution in [1.29, 1.82) is 0 Å². The molecule has 10 aromatic carbocycles. The highest BCUT2D eigenvalue weighted by molar-refractivity contribution is 6.16. The molecule has 0 aromatic heterocycles. The molecule has 2 spiro atoms. The van der Waals surface area contributed by atoms with Crippen LogP contribution in [0.4, 0.5) is 0 Å². The minimum Gasteiger partial charge on any atom is -0.324 e. The molecule has 0 radical (unpaired) electrons. The largest absolute Gasteiger partial charge is 0.324 e. The van der Waals surface area contributed by atoms with Crippen molar-refractivity contribution in [1.82, 2.24) is 5.32 Å². The van der Waals surface area contributed by atoms with E-state index in [-0.39, 0.29) is 0 Å². The Labute approximate surface area is 395 Å². The van der Waals surface area contributed by atoms with Crippen molar-refractivity contribution >= 4 is 11.7 Å². The van der Waals surface area contributed by atoms with Gasteiger partial charge in [0.15, 0.2) is 6.17 Å². The SMILES string of the molecule is c1ccc(-c2ccc(C3=NC(c4ccc5c(c4)C4(c6ccccc6-c6ccccc64)c4ccccc4-5)N=C(c4ccc5c(c4)C4(c6ccccc6-c6ccccc64)c4ccccc4-5)N3)cc2)cc1. The second-order valence-corrected chi connectivity index (χ2v) is 18.7. The van der Waals surface area contributed by atoms with Gasteiger partial charge in [-0.3, -0.25) is 0 Å². The molecule has 4 aliphatic carbocycles. The van der Waals surface area contributed by atoms with E-state index in [9.17, 15) is 0 Å². The van der Waals surface area contributed by atoms with Crippen LogP contribution >= 0.6 is 0 Å². The summed E-state index contributed by atoms with van der Waals surface area (Å²) in [6, 6.07) is 87.3. The zero-order valence-electron chi connectivity index (χ0n) is 37.0. The summed E-state index contributed by atoms with van der Waals surface area (Å²) < 4.78 is 0. The van der Waals surface area contributed by atoms with E-state index in [1.54, 1.807) is 0 Å². The van der Waals surface area contributed by atoms with Crippen LogP contribution in [0.1, 0.15) is 67.4 Å². The predicted octanol–water partition coefficient (Wildman–Crippen LogP) is 14.5. The van der Waals surface area contributed by atoms with Gasteiger partial charge in [-0.25, -0.2) is 9.98 Å². The zero-order chi connectivity index (χ0) is 44.6. The molecule has 3 nitrogen and oxygen atoms in total. The lowest BCUT2D eigenvalue weighted by Gasteiger charge is -2.31. The number of benzene rings is 10. The average molecular weight is 864 g/mol. The van der Waals surface area contributed by atoms with Crippen molar-refractivity contribution in [3.8, 4) is 55.6 Å². The van der Waals surface area contributed by atoms with Gasteiger partial charge in [0.25, 0.3) is 0 Å². The van der Waals surface area contributed by atoms with Gasteiger partial charge in [-0.05, 0) is 118 Å². The normalized spacial score (nSPS) is 16.3. The van der Waals surface area contributed by atoms with Crippen LogP contribution in [0, 0.1) is 0 Å². The van der Waals surface area contributed by atoms with Crippen molar-refractivity contribution in [3.63, 3.8) is 0 Å². The minimum atomic E-state index is -0.514. The van der Waals surface area contributed by atoms with E-state index in [1.165, 1.54) is 94.6 Å². The summed E-state index contributed by atoms with van der Waals surface area (Å²) in [5.74, 6) is 1.60. The van der Waals surface area contributed by atoms with Crippen LogP contribution in [0.25, 0.3) is 55.6 Å². The molecule has 1 N–H and O–H groups in total. The summed E-state index contributed by atoms with van der Waals surface area (Å²) >= 11 is 0. The Kier molecular flexibility index (Phi) is 7.69. The van der Waals surface area contributed by atoms with Gasteiger partial charge in [0.1, 0.15) is 11.7 Å². The van der Waals surface area contributed by atoms with E-state index >= 15 is 0 Å². The van der Waals surface area contributed by atoms with Gasteiger partial charge in [-0.15, -0.1) is 0 Å². The average Bonchev–Trinajstić information content (AvgIpc) is 4.10. The van der Waals surface area contributed by atoms with Crippen molar-refractivity contribution in [3.05, 3.63) is 298 Å². The molecule has 15 rings (SSSR count). The number of aliphatic imine (C=N–C) groups is 2. The van der Waals surface area contributed by atoms with Crippen molar-refractivity contribution < 1.29 is 0 Å². The fourth-order valence-corrected chi connectivity index (χ4v) is 12.9. The maximum absolute atomic E-state index is 5.64. The van der Waals surface area contributed by atoms with Gasteiger partial charge in [-0.1, -0.05) is 224 Å². The van der Waals surface area contributed by atoms with Crippen LogP contribution in [0.15, 0.2) is 247 Å². The first-order valence-corrected chi connectivity index (χ1v) is 23.7. The van der Waals surface area contributed by atoms with Crippen molar-refractivity contribution in [2.75, 3.05) is 0 Å². The second-order valence-electron chi connectivity index (χ2n) is 18.7. The van der Waals surface area contributed by atoms with E-state index in [0.29, 0.717) is 0 Å². The van der Waals surface area contributed by atoms with Crippen molar-refractivity contribution in [2.24, 2.45) is 9.98 Å². The monoisotopic (exact) mass is 863 g/mol. The topological polar surface area (TPSA) is 36.8 Å². The molecule has 1 aliphatic heterocycles. The minimum absolute atomic E-state index is 0.467.